The summed E-state index contributed by atoms with van der Waals surface area (Å²) >= 11 is 0. The molecule has 2 N–H and O–H groups in total. The fraction of sp³-hybridized carbons (Fsp3) is 0.207. The molecule has 0 aliphatic heterocycles. The van der Waals surface area contributed by atoms with E-state index in [-0.39, 0.29) is 23.7 Å². The molecule has 8 nitrogen and oxygen atoms in total. The summed E-state index contributed by atoms with van der Waals surface area (Å²) in [5.74, 6) is 4.75. The summed E-state index contributed by atoms with van der Waals surface area (Å²) in [6.07, 6.45) is 1.62. The molecule has 1 atom stereocenters. The van der Waals surface area contributed by atoms with Gasteiger partial charge in [0.2, 0.25) is 10.0 Å². The third-order valence-corrected chi connectivity index (χ3v) is 7.54. The van der Waals surface area contributed by atoms with Crippen molar-refractivity contribution in [3.05, 3.63) is 89.9 Å². The molecule has 39 heavy (non-hydrogen) atoms. The molecule has 1 unspecified atom stereocenters. The second-order valence-electron chi connectivity index (χ2n) is 8.70. The number of hydrogen-bond acceptors (Lipinski definition) is 5. The number of aliphatic carboxylic acids is 1. The average molecular weight is 551 g/mol. The van der Waals surface area contributed by atoms with Crippen molar-refractivity contribution in [3.63, 3.8) is 0 Å². The molecular formula is C29H27FN2O6S. The Balaban J connectivity index is 1.62. The number of fused-ring (bicyclic) bond motifs is 1. The van der Waals surface area contributed by atoms with Gasteiger partial charge in [-0.2, -0.15) is 4.72 Å². The highest BCUT2D eigenvalue weighted by Crippen LogP contribution is 2.28. The summed E-state index contributed by atoms with van der Waals surface area (Å²) in [6, 6.07) is 15.7. The second kappa shape index (κ2) is 12.0. The summed E-state index contributed by atoms with van der Waals surface area (Å²) in [5, 5.41) is 10.6. The maximum Gasteiger partial charge on any atom is 0.322 e. The number of nitrogens with one attached hydrogen (secondary N) is 1. The van der Waals surface area contributed by atoms with Crippen LogP contribution in [-0.4, -0.2) is 43.8 Å². The van der Waals surface area contributed by atoms with Crippen molar-refractivity contribution in [1.82, 2.24) is 9.29 Å². The van der Waals surface area contributed by atoms with Crippen molar-refractivity contribution in [3.8, 4) is 23.3 Å². The number of carboxylic acid groups (broad SMARTS) is 1. The lowest BCUT2D eigenvalue weighted by Gasteiger charge is -2.15. The molecule has 0 spiro atoms. The zero-order chi connectivity index (χ0) is 28.0. The van der Waals surface area contributed by atoms with Crippen LogP contribution in [0.15, 0.2) is 77.8 Å². The van der Waals surface area contributed by atoms with E-state index < -0.39 is 22.0 Å². The Morgan fingerprint density at radius 1 is 1.10 bits per heavy atom. The molecule has 0 aliphatic rings. The summed E-state index contributed by atoms with van der Waals surface area (Å²) in [7, 11) is -2.65. The van der Waals surface area contributed by atoms with Gasteiger partial charge in [-0.05, 0) is 72.6 Å². The van der Waals surface area contributed by atoms with Crippen LogP contribution in [-0.2, 0) is 27.8 Å². The Labute approximate surface area is 226 Å². The summed E-state index contributed by atoms with van der Waals surface area (Å²) < 4.78 is 54.8. The first-order valence-electron chi connectivity index (χ1n) is 12.0. The number of carboxylic acids is 1. The Morgan fingerprint density at radius 2 is 1.85 bits per heavy atom. The minimum absolute atomic E-state index is 0.0992. The summed E-state index contributed by atoms with van der Waals surface area (Å²) in [4.78, 5) is 12.1. The van der Waals surface area contributed by atoms with E-state index in [0.717, 1.165) is 11.1 Å². The highest BCUT2D eigenvalue weighted by Gasteiger charge is 2.27. The molecule has 0 saturated heterocycles. The smallest absolute Gasteiger partial charge is 0.322 e. The van der Waals surface area contributed by atoms with Gasteiger partial charge in [-0.3, -0.25) is 4.79 Å². The van der Waals surface area contributed by atoms with E-state index in [1.54, 1.807) is 37.4 Å². The van der Waals surface area contributed by atoms with Crippen LogP contribution < -0.4 is 14.2 Å². The van der Waals surface area contributed by atoms with Gasteiger partial charge in [0.05, 0.1) is 12.0 Å². The zero-order valence-corrected chi connectivity index (χ0v) is 22.2. The molecule has 1 aromatic heterocycles. The fourth-order valence-corrected chi connectivity index (χ4v) is 5.35. The molecule has 4 rings (SSSR count). The van der Waals surface area contributed by atoms with Crippen molar-refractivity contribution < 1.29 is 32.2 Å². The quantitative estimate of drug-likeness (QED) is 0.271. The third kappa shape index (κ3) is 6.76. The molecule has 202 valence electrons. The molecular weight excluding hydrogens is 523 g/mol. The monoisotopic (exact) mass is 550 g/mol. The number of methoxy groups -OCH3 is 1. The van der Waals surface area contributed by atoms with Crippen LogP contribution in [0.5, 0.6) is 11.5 Å². The van der Waals surface area contributed by atoms with Gasteiger partial charge in [0, 0.05) is 30.1 Å². The van der Waals surface area contributed by atoms with Gasteiger partial charge in [0.25, 0.3) is 0 Å². The second-order valence-corrected chi connectivity index (χ2v) is 10.4. The summed E-state index contributed by atoms with van der Waals surface area (Å²) in [5.41, 5.74) is 2.08. The molecule has 3 aromatic carbocycles. The highest BCUT2D eigenvalue weighted by molar-refractivity contribution is 7.89. The topological polar surface area (TPSA) is 107 Å². The predicted octanol–water partition coefficient (Wildman–Crippen LogP) is 4.21. The van der Waals surface area contributed by atoms with Gasteiger partial charge in [0.1, 0.15) is 30.0 Å². The number of benzene rings is 3. The number of halogens is 1. The van der Waals surface area contributed by atoms with E-state index in [1.165, 1.54) is 43.5 Å². The van der Waals surface area contributed by atoms with E-state index in [0.29, 0.717) is 29.0 Å². The normalized spacial score (nSPS) is 12.0. The first kappa shape index (κ1) is 27.7. The lowest BCUT2D eigenvalue weighted by molar-refractivity contribution is -0.138. The first-order chi connectivity index (χ1) is 18.7. The number of nitrogens with zero attached hydrogens (tertiary/aromatic N) is 1. The average Bonchev–Trinajstić information content (AvgIpc) is 3.24. The van der Waals surface area contributed by atoms with E-state index in [9.17, 15) is 22.7 Å². The molecule has 0 fully saturated rings. The maximum absolute atomic E-state index is 13.8. The minimum Gasteiger partial charge on any atom is -0.497 e. The fourth-order valence-electron chi connectivity index (χ4n) is 4.16. The molecule has 1 heterocycles. The predicted molar refractivity (Wildman–Crippen MR) is 145 cm³/mol. The molecule has 4 aromatic rings. The standard InChI is InChI=1S/C29H27FN2O6S/c1-3-4-14-38-23-8-11-25(12-9-23)39(35,36)31-27(29(33)34)16-21-19-32(18-20-6-5-7-22(30)15-20)28-13-10-24(37-2)17-26(21)28/h5-13,15,17,19,27,31H,14,16,18H2,1-2H3,(H,33,34). The zero-order valence-electron chi connectivity index (χ0n) is 21.3. The van der Waals surface area contributed by atoms with Crippen LogP contribution in [0.1, 0.15) is 18.1 Å². The SMILES string of the molecule is CC#CCOc1ccc(S(=O)(=O)NC(Cc2cn(Cc3cccc(F)c3)c3ccc(OC)cc23)C(=O)O)cc1. The first-order valence-corrected chi connectivity index (χ1v) is 13.5. The van der Waals surface area contributed by atoms with Gasteiger partial charge in [-0.15, -0.1) is 5.92 Å². The molecule has 0 bridgehead atoms. The van der Waals surface area contributed by atoms with Crippen LogP contribution in [0.4, 0.5) is 4.39 Å². The summed E-state index contributed by atoms with van der Waals surface area (Å²) in [6.45, 7) is 2.18. The van der Waals surface area contributed by atoms with E-state index in [1.807, 2.05) is 10.6 Å². The third-order valence-electron chi connectivity index (χ3n) is 6.05. The van der Waals surface area contributed by atoms with Crippen LogP contribution in [0.25, 0.3) is 10.9 Å². The number of hydrogen-bond donors (Lipinski definition) is 2. The Bertz CT molecular complexity index is 1650. The van der Waals surface area contributed by atoms with Crippen molar-refractivity contribution in [2.45, 2.75) is 30.8 Å². The Kier molecular flexibility index (Phi) is 8.54. The van der Waals surface area contributed by atoms with E-state index >= 15 is 0 Å². The Hall–Kier alpha value is -4.33. The van der Waals surface area contributed by atoms with Crippen molar-refractivity contribution in [1.29, 1.82) is 0 Å². The van der Waals surface area contributed by atoms with E-state index in [2.05, 4.69) is 16.6 Å². The van der Waals surface area contributed by atoms with E-state index in [4.69, 9.17) is 9.47 Å². The van der Waals surface area contributed by atoms with Crippen LogP contribution >= 0.6 is 0 Å². The molecule has 10 heteroatoms. The number of ether oxygens (including phenoxy) is 2. The Morgan fingerprint density at radius 3 is 2.51 bits per heavy atom. The molecule has 0 saturated carbocycles. The van der Waals surface area contributed by atoms with Gasteiger partial charge >= 0.3 is 5.97 Å². The van der Waals surface area contributed by atoms with Gasteiger partial charge in [-0.25, -0.2) is 12.8 Å². The van der Waals surface area contributed by atoms with Crippen molar-refractivity contribution >= 4 is 26.9 Å². The molecule has 0 radical (unpaired) electrons. The lowest BCUT2D eigenvalue weighted by atomic mass is 10.1. The van der Waals surface area contributed by atoms with Crippen LogP contribution in [0.2, 0.25) is 0 Å². The molecule has 0 amide bonds. The number of carbonyl (C=O) groups is 1. The number of sulfonamides is 1. The highest BCUT2D eigenvalue weighted by atomic mass is 32.2. The van der Waals surface area contributed by atoms with Gasteiger partial charge < -0.3 is 19.1 Å². The lowest BCUT2D eigenvalue weighted by Crippen LogP contribution is -2.42. The maximum atomic E-state index is 13.8. The van der Waals surface area contributed by atoms with Crippen molar-refractivity contribution in [2.24, 2.45) is 0 Å². The molecule has 0 aliphatic carbocycles. The van der Waals surface area contributed by atoms with Gasteiger partial charge in [0.15, 0.2) is 0 Å². The minimum atomic E-state index is -4.17. The van der Waals surface area contributed by atoms with Gasteiger partial charge in [-0.1, -0.05) is 18.1 Å². The van der Waals surface area contributed by atoms with Crippen LogP contribution in [0.3, 0.4) is 0 Å². The largest absolute Gasteiger partial charge is 0.497 e. The van der Waals surface area contributed by atoms with Crippen molar-refractivity contribution in [2.75, 3.05) is 13.7 Å². The number of rotatable bonds is 11. The number of aromatic nitrogens is 1. The van der Waals surface area contributed by atoms with Crippen LogP contribution in [0, 0.1) is 17.7 Å².